The van der Waals surface area contributed by atoms with Gasteiger partial charge in [0.25, 0.3) is 5.92 Å². The highest BCUT2D eigenvalue weighted by molar-refractivity contribution is 14.1. The molecule has 7 atom stereocenters. The van der Waals surface area contributed by atoms with E-state index in [1.807, 2.05) is 0 Å². The average molecular weight is 516 g/mol. The Morgan fingerprint density at radius 3 is 2.68 bits per heavy atom. The van der Waals surface area contributed by atoms with Crippen LogP contribution in [0.15, 0.2) is 12.2 Å². The predicted octanol–water partition coefficient (Wildman–Crippen LogP) is 3.94. The van der Waals surface area contributed by atoms with E-state index in [2.05, 4.69) is 29.5 Å². The number of aliphatic hydroxyl groups excluding tert-OH is 2. The first-order chi connectivity index (χ1) is 13.2. The van der Waals surface area contributed by atoms with Crippen molar-refractivity contribution in [3.63, 3.8) is 0 Å². The molecule has 162 valence electrons. The minimum absolute atomic E-state index is 0.0508. The predicted molar refractivity (Wildman–Crippen MR) is 110 cm³/mol. The van der Waals surface area contributed by atoms with Crippen LogP contribution in [0.25, 0.3) is 0 Å². The lowest BCUT2D eigenvalue weighted by Crippen LogP contribution is -2.41. The Kier molecular flexibility index (Phi) is 9.10. The normalized spacial score (nSPS) is 33.9. The van der Waals surface area contributed by atoms with Crippen molar-refractivity contribution in [2.45, 2.75) is 92.6 Å². The number of unbranched alkanes of at least 4 members (excludes halogenated alkanes) is 2. The number of hydrogen-bond acceptors (Lipinski definition) is 4. The third kappa shape index (κ3) is 5.86. The summed E-state index contributed by atoms with van der Waals surface area (Å²) in [6, 6.07) is 0. The van der Waals surface area contributed by atoms with Gasteiger partial charge in [0, 0.05) is 22.2 Å². The molecular formula is C20H31F2IO5. The first-order valence-electron chi connectivity index (χ1n) is 10.1. The standard InChI is InChI=1S/C20H31F2IO5/c1-2-3-4-6-12(24)9-10-13-14-11-16(15(23)7-5-8-17(25)26)28-19(14)20(21,22)18(13)27/h9-10,12-16,18-19,24,27H,2-8,11H2,1H3,(H,25,26)/t12-,13+,14+,15?,16?,18-,19-/m0/s1. The molecule has 0 aromatic rings. The van der Waals surface area contributed by atoms with Gasteiger partial charge in [-0.3, -0.25) is 4.79 Å². The van der Waals surface area contributed by atoms with Crippen LogP contribution in [0.1, 0.15) is 58.3 Å². The second-order valence-electron chi connectivity index (χ2n) is 7.94. The zero-order valence-electron chi connectivity index (χ0n) is 16.1. The first kappa shape index (κ1) is 24.0. The van der Waals surface area contributed by atoms with Crippen molar-refractivity contribution in [1.29, 1.82) is 0 Å². The van der Waals surface area contributed by atoms with E-state index in [4.69, 9.17) is 9.84 Å². The van der Waals surface area contributed by atoms with Crippen LogP contribution in [0.4, 0.5) is 8.78 Å². The van der Waals surface area contributed by atoms with Crippen molar-refractivity contribution in [2.75, 3.05) is 0 Å². The van der Waals surface area contributed by atoms with Gasteiger partial charge in [-0.2, -0.15) is 0 Å². The number of halogens is 3. The summed E-state index contributed by atoms with van der Waals surface area (Å²) in [6.07, 6.45) is 3.85. The maximum absolute atomic E-state index is 14.6. The molecule has 0 amide bonds. The van der Waals surface area contributed by atoms with Crippen LogP contribution >= 0.6 is 22.6 Å². The summed E-state index contributed by atoms with van der Waals surface area (Å²) < 4.78 is 34.7. The molecule has 3 N–H and O–H groups in total. The summed E-state index contributed by atoms with van der Waals surface area (Å²) in [7, 11) is 0. The number of hydrogen-bond donors (Lipinski definition) is 3. The summed E-state index contributed by atoms with van der Waals surface area (Å²) in [6.45, 7) is 2.07. The van der Waals surface area contributed by atoms with E-state index < -0.39 is 42.0 Å². The highest BCUT2D eigenvalue weighted by Gasteiger charge is 2.65. The molecule has 1 saturated carbocycles. The number of carbonyl (C=O) groups is 1. The lowest BCUT2D eigenvalue weighted by atomic mass is 9.89. The fourth-order valence-electron chi connectivity index (χ4n) is 4.20. The third-order valence-electron chi connectivity index (χ3n) is 5.78. The molecule has 1 aliphatic heterocycles. The van der Waals surface area contributed by atoms with Gasteiger partial charge in [0.15, 0.2) is 0 Å². The molecule has 1 heterocycles. The molecule has 2 fully saturated rings. The molecule has 28 heavy (non-hydrogen) atoms. The SMILES string of the molecule is CCCCC[C@H](O)C=C[C@@H]1[C@H]2CC(C(I)CCCC(=O)O)O[C@@H]2C(F)(F)[C@H]1O. The molecule has 0 aromatic heterocycles. The fraction of sp³-hybridized carbons (Fsp3) is 0.850. The zero-order valence-corrected chi connectivity index (χ0v) is 18.3. The van der Waals surface area contributed by atoms with E-state index in [-0.39, 0.29) is 16.4 Å². The molecule has 2 unspecified atom stereocenters. The Labute approximate surface area is 178 Å². The Bertz CT molecular complexity index is 545. The van der Waals surface area contributed by atoms with E-state index in [1.165, 1.54) is 12.2 Å². The van der Waals surface area contributed by atoms with Crippen molar-refractivity contribution in [1.82, 2.24) is 0 Å². The lowest BCUT2D eigenvalue weighted by molar-refractivity contribution is -0.167. The number of ether oxygens (including phenoxy) is 1. The van der Waals surface area contributed by atoms with Gasteiger partial charge in [0.05, 0.1) is 12.2 Å². The Hall–Kier alpha value is -0.320. The van der Waals surface area contributed by atoms with Gasteiger partial charge in [-0.05, 0) is 25.7 Å². The van der Waals surface area contributed by atoms with Gasteiger partial charge in [-0.15, -0.1) is 0 Å². The van der Waals surface area contributed by atoms with Crippen LogP contribution in [-0.4, -0.2) is 55.6 Å². The van der Waals surface area contributed by atoms with Crippen LogP contribution in [0.3, 0.4) is 0 Å². The van der Waals surface area contributed by atoms with E-state index in [1.54, 1.807) is 0 Å². The monoisotopic (exact) mass is 516 g/mol. The van der Waals surface area contributed by atoms with E-state index in [9.17, 15) is 23.8 Å². The first-order valence-corrected chi connectivity index (χ1v) is 11.4. The molecule has 5 nitrogen and oxygen atoms in total. The molecule has 1 saturated heterocycles. The smallest absolute Gasteiger partial charge is 0.303 e. The van der Waals surface area contributed by atoms with E-state index in [0.717, 1.165) is 19.3 Å². The van der Waals surface area contributed by atoms with Gasteiger partial charge in [-0.25, -0.2) is 8.78 Å². The largest absolute Gasteiger partial charge is 0.481 e. The molecule has 0 aromatic carbocycles. The minimum atomic E-state index is -3.33. The van der Waals surface area contributed by atoms with Crippen molar-refractivity contribution >= 4 is 28.6 Å². The van der Waals surface area contributed by atoms with E-state index >= 15 is 0 Å². The number of carboxylic acids is 1. The van der Waals surface area contributed by atoms with Crippen molar-refractivity contribution < 1.29 is 33.6 Å². The highest BCUT2D eigenvalue weighted by atomic mass is 127. The van der Waals surface area contributed by atoms with Gasteiger partial charge in [0.2, 0.25) is 0 Å². The summed E-state index contributed by atoms with van der Waals surface area (Å²) in [5, 5.41) is 28.9. The zero-order chi connectivity index (χ0) is 20.9. The highest BCUT2D eigenvalue weighted by Crippen LogP contribution is 2.53. The van der Waals surface area contributed by atoms with Gasteiger partial charge in [0.1, 0.15) is 12.2 Å². The average Bonchev–Trinajstić information content (AvgIpc) is 3.13. The molecule has 2 aliphatic rings. The van der Waals surface area contributed by atoms with Crippen molar-refractivity contribution in [2.24, 2.45) is 11.8 Å². The minimum Gasteiger partial charge on any atom is -0.481 e. The maximum atomic E-state index is 14.6. The van der Waals surface area contributed by atoms with Crippen molar-refractivity contribution in [3.8, 4) is 0 Å². The Balaban J connectivity index is 1.97. The molecule has 0 spiro atoms. The number of aliphatic carboxylic acids is 1. The Morgan fingerprint density at radius 1 is 1.32 bits per heavy atom. The second kappa shape index (κ2) is 10.6. The quantitative estimate of drug-likeness (QED) is 0.168. The lowest BCUT2D eigenvalue weighted by Gasteiger charge is -2.25. The topological polar surface area (TPSA) is 87.0 Å². The van der Waals surface area contributed by atoms with Crippen molar-refractivity contribution in [3.05, 3.63) is 12.2 Å². The van der Waals surface area contributed by atoms with Gasteiger partial charge in [-0.1, -0.05) is 60.9 Å². The maximum Gasteiger partial charge on any atom is 0.303 e. The molecule has 1 aliphatic carbocycles. The van der Waals surface area contributed by atoms with Crippen LogP contribution in [0.5, 0.6) is 0 Å². The molecule has 0 radical (unpaired) electrons. The molecular weight excluding hydrogens is 485 g/mol. The number of aliphatic hydroxyl groups is 2. The summed E-state index contributed by atoms with van der Waals surface area (Å²) in [4.78, 5) is 10.6. The van der Waals surface area contributed by atoms with Gasteiger partial charge >= 0.3 is 5.97 Å². The van der Waals surface area contributed by atoms with Gasteiger partial charge < -0.3 is 20.1 Å². The number of rotatable bonds is 11. The number of fused-ring (bicyclic) bond motifs is 1. The Morgan fingerprint density at radius 2 is 2.04 bits per heavy atom. The summed E-state index contributed by atoms with van der Waals surface area (Å²) in [5.74, 6) is -5.47. The van der Waals surface area contributed by atoms with E-state index in [0.29, 0.717) is 25.7 Å². The van der Waals surface area contributed by atoms with Crippen LogP contribution < -0.4 is 0 Å². The number of alkyl halides is 3. The molecule has 8 heteroatoms. The molecule has 0 bridgehead atoms. The van der Waals surface area contributed by atoms with Crippen LogP contribution in [0, 0.1) is 11.8 Å². The second-order valence-corrected chi connectivity index (χ2v) is 9.54. The van der Waals surface area contributed by atoms with Crippen LogP contribution in [0.2, 0.25) is 0 Å². The summed E-state index contributed by atoms with van der Waals surface area (Å²) >= 11 is 2.14. The third-order valence-corrected chi connectivity index (χ3v) is 7.21. The molecule has 2 rings (SSSR count). The van der Waals surface area contributed by atoms with Crippen LogP contribution in [-0.2, 0) is 9.53 Å². The fourth-order valence-corrected chi connectivity index (χ4v) is 5.11. The number of carboxylic acid groups (broad SMARTS) is 1. The summed E-state index contributed by atoms with van der Waals surface area (Å²) in [5.41, 5.74) is 0.